The van der Waals surface area contributed by atoms with Gasteiger partial charge in [0.05, 0.1) is 25.4 Å². The molecule has 1 heterocycles. The lowest BCUT2D eigenvalue weighted by molar-refractivity contribution is -0.151. The van der Waals surface area contributed by atoms with Crippen LogP contribution in [0.3, 0.4) is 0 Å². The van der Waals surface area contributed by atoms with E-state index in [4.69, 9.17) is 14.2 Å². The van der Waals surface area contributed by atoms with Gasteiger partial charge in [-0.2, -0.15) is 0 Å². The summed E-state index contributed by atoms with van der Waals surface area (Å²) in [6.45, 7) is 3.08. The van der Waals surface area contributed by atoms with Crippen molar-refractivity contribution in [3.05, 3.63) is 90.0 Å². The molecule has 0 aromatic heterocycles. The van der Waals surface area contributed by atoms with E-state index < -0.39 is 12.1 Å². The summed E-state index contributed by atoms with van der Waals surface area (Å²) in [6.07, 6.45) is -0.601. The van der Waals surface area contributed by atoms with Crippen molar-refractivity contribution in [2.45, 2.75) is 19.1 Å². The molecule has 6 heteroatoms. The largest absolute Gasteiger partial charge is 0.492 e. The van der Waals surface area contributed by atoms with Crippen molar-refractivity contribution in [1.82, 2.24) is 0 Å². The van der Waals surface area contributed by atoms with E-state index in [-0.39, 0.29) is 6.61 Å². The first-order chi connectivity index (χ1) is 15.7. The van der Waals surface area contributed by atoms with Gasteiger partial charge >= 0.3 is 5.97 Å². The standard InChI is InChI=1S/C26H27NO5/c28-26(29)25(32-19-21-6-2-1-3-7-21)18-20-10-12-22(13-11-20)30-16-14-27-15-17-31-24-9-5-4-8-23(24)27/h1-13,25H,14-19H2,(H,28,29). The highest BCUT2D eigenvalue weighted by atomic mass is 16.5. The molecule has 1 aliphatic heterocycles. The predicted molar refractivity (Wildman–Crippen MR) is 122 cm³/mol. The van der Waals surface area contributed by atoms with E-state index in [1.165, 1.54) is 0 Å². The van der Waals surface area contributed by atoms with Crippen molar-refractivity contribution in [3.63, 3.8) is 0 Å². The van der Waals surface area contributed by atoms with Crippen molar-refractivity contribution < 1.29 is 24.1 Å². The maximum atomic E-state index is 11.6. The third kappa shape index (κ3) is 5.80. The molecule has 1 atom stereocenters. The van der Waals surface area contributed by atoms with Crippen molar-refractivity contribution in [2.75, 3.05) is 31.2 Å². The first-order valence-corrected chi connectivity index (χ1v) is 10.8. The number of anilines is 1. The Labute approximate surface area is 188 Å². The Balaban J connectivity index is 1.27. The molecule has 0 spiro atoms. The van der Waals surface area contributed by atoms with E-state index >= 15 is 0 Å². The van der Waals surface area contributed by atoms with Crippen LogP contribution in [0.5, 0.6) is 11.5 Å². The molecule has 3 aromatic carbocycles. The molecule has 1 N–H and O–H groups in total. The minimum absolute atomic E-state index is 0.268. The van der Waals surface area contributed by atoms with Gasteiger partial charge in [0.1, 0.15) is 24.7 Å². The van der Waals surface area contributed by atoms with Crippen LogP contribution >= 0.6 is 0 Å². The van der Waals surface area contributed by atoms with Crippen LogP contribution < -0.4 is 14.4 Å². The zero-order chi connectivity index (χ0) is 22.2. The Kier molecular flexibility index (Phi) is 7.25. The molecular formula is C26H27NO5. The quantitative estimate of drug-likeness (QED) is 0.517. The van der Waals surface area contributed by atoms with Gasteiger partial charge in [0, 0.05) is 6.42 Å². The van der Waals surface area contributed by atoms with Gasteiger partial charge < -0.3 is 24.2 Å². The van der Waals surface area contributed by atoms with E-state index in [0.29, 0.717) is 19.6 Å². The van der Waals surface area contributed by atoms with Crippen molar-refractivity contribution in [1.29, 1.82) is 0 Å². The lowest BCUT2D eigenvalue weighted by Gasteiger charge is -2.31. The fraction of sp³-hybridized carbons (Fsp3) is 0.269. The SMILES string of the molecule is O=C(O)C(Cc1ccc(OCCN2CCOc3ccccc32)cc1)OCc1ccccc1. The second-order valence-electron chi connectivity index (χ2n) is 7.62. The molecule has 166 valence electrons. The average Bonchev–Trinajstić information content (AvgIpc) is 2.83. The fourth-order valence-electron chi connectivity index (χ4n) is 3.66. The summed E-state index contributed by atoms with van der Waals surface area (Å²) < 4.78 is 17.2. The maximum absolute atomic E-state index is 11.6. The van der Waals surface area contributed by atoms with E-state index in [1.54, 1.807) is 0 Å². The van der Waals surface area contributed by atoms with Gasteiger partial charge in [-0.15, -0.1) is 0 Å². The number of fused-ring (bicyclic) bond motifs is 1. The number of carbonyl (C=O) groups is 1. The molecule has 0 aliphatic carbocycles. The van der Waals surface area contributed by atoms with Crippen molar-refractivity contribution >= 4 is 11.7 Å². The van der Waals surface area contributed by atoms with E-state index in [2.05, 4.69) is 11.0 Å². The van der Waals surface area contributed by atoms with Crippen LogP contribution in [0.2, 0.25) is 0 Å². The third-order valence-corrected chi connectivity index (χ3v) is 5.37. The lowest BCUT2D eigenvalue weighted by Crippen LogP contribution is -2.35. The summed E-state index contributed by atoms with van der Waals surface area (Å²) in [6, 6.07) is 25.1. The van der Waals surface area contributed by atoms with Crippen LogP contribution in [0.25, 0.3) is 0 Å². The number of carboxylic acid groups (broad SMARTS) is 1. The molecule has 6 nitrogen and oxygen atoms in total. The van der Waals surface area contributed by atoms with Gasteiger partial charge in [0.15, 0.2) is 6.10 Å². The summed E-state index contributed by atoms with van der Waals surface area (Å²) in [7, 11) is 0. The van der Waals surface area contributed by atoms with Crippen LogP contribution in [0.1, 0.15) is 11.1 Å². The highest BCUT2D eigenvalue weighted by Crippen LogP contribution is 2.30. The van der Waals surface area contributed by atoms with Crippen LogP contribution in [0.15, 0.2) is 78.9 Å². The van der Waals surface area contributed by atoms with Gasteiger partial charge in [-0.1, -0.05) is 54.6 Å². The molecule has 0 saturated heterocycles. The van der Waals surface area contributed by atoms with Crippen LogP contribution in [-0.2, 0) is 22.6 Å². The highest BCUT2D eigenvalue weighted by Gasteiger charge is 2.19. The second-order valence-corrected chi connectivity index (χ2v) is 7.62. The molecule has 0 radical (unpaired) electrons. The number of ether oxygens (including phenoxy) is 3. The predicted octanol–water partition coefficient (Wildman–Crippen LogP) is 4.18. The normalized spacial score (nSPS) is 13.7. The second kappa shape index (κ2) is 10.7. The fourth-order valence-corrected chi connectivity index (χ4v) is 3.66. The zero-order valence-electron chi connectivity index (χ0n) is 17.9. The number of nitrogens with zero attached hydrogens (tertiary/aromatic N) is 1. The molecule has 0 fully saturated rings. The van der Waals surface area contributed by atoms with Gasteiger partial charge in [-0.3, -0.25) is 0 Å². The summed E-state index contributed by atoms with van der Waals surface area (Å²) in [4.78, 5) is 13.9. The van der Waals surface area contributed by atoms with Gasteiger partial charge in [0.2, 0.25) is 0 Å². The molecule has 0 saturated carbocycles. The van der Waals surface area contributed by atoms with Gasteiger partial charge in [-0.25, -0.2) is 4.79 Å². The Hall–Kier alpha value is -3.51. The van der Waals surface area contributed by atoms with Crippen molar-refractivity contribution in [2.24, 2.45) is 0 Å². The number of para-hydroxylation sites is 2. The van der Waals surface area contributed by atoms with Gasteiger partial charge in [0.25, 0.3) is 0 Å². The van der Waals surface area contributed by atoms with Crippen molar-refractivity contribution in [3.8, 4) is 11.5 Å². The Bertz CT molecular complexity index is 1010. The van der Waals surface area contributed by atoms with Gasteiger partial charge in [-0.05, 0) is 35.4 Å². The Morgan fingerprint density at radius 1 is 0.969 bits per heavy atom. The highest BCUT2D eigenvalue weighted by molar-refractivity contribution is 5.72. The maximum Gasteiger partial charge on any atom is 0.333 e. The number of rotatable bonds is 10. The van der Waals surface area contributed by atoms with Crippen LogP contribution in [-0.4, -0.2) is 43.5 Å². The summed E-state index contributed by atoms with van der Waals surface area (Å²) >= 11 is 0. The molecule has 4 rings (SSSR count). The van der Waals surface area contributed by atoms with E-state index in [1.807, 2.05) is 72.8 Å². The first kappa shape index (κ1) is 21.7. The molecular weight excluding hydrogens is 406 g/mol. The minimum Gasteiger partial charge on any atom is -0.492 e. The van der Waals surface area contributed by atoms with E-state index in [0.717, 1.165) is 41.4 Å². The molecule has 0 bridgehead atoms. The zero-order valence-corrected chi connectivity index (χ0v) is 17.9. The molecule has 1 aliphatic rings. The minimum atomic E-state index is -0.966. The third-order valence-electron chi connectivity index (χ3n) is 5.37. The number of hydrogen-bond donors (Lipinski definition) is 1. The molecule has 1 unspecified atom stereocenters. The topological polar surface area (TPSA) is 68.2 Å². The van der Waals surface area contributed by atoms with E-state index in [9.17, 15) is 9.90 Å². The lowest BCUT2D eigenvalue weighted by atomic mass is 10.1. The Morgan fingerprint density at radius 2 is 1.72 bits per heavy atom. The molecule has 32 heavy (non-hydrogen) atoms. The summed E-state index contributed by atoms with van der Waals surface area (Å²) in [5, 5.41) is 9.51. The smallest absolute Gasteiger partial charge is 0.333 e. The molecule has 3 aromatic rings. The van der Waals surface area contributed by atoms with Crippen LogP contribution in [0, 0.1) is 0 Å². The molecule has 0 amide bonds. The van der Waals surface area contributed by atoms with Crippen LogP contribution in [0.4, 0.5) is 5.69 Å². The monoisotopic (exact) mass is 433 g/mol. The number of hydrogen-bond acceptors (Lipinski definition) is 5. The number of aliphatic carboxylic acids is 1. The number of benzene rings is 3. The number of carboxylic acids is 1. The average molecular weight is 434 g/mol. The Morgan fingerprint density at radius 3 is 2.50 bits per heavy atom. The first-order valence-electron chi connectivity index (χ1n) is 10.8. The summed E-state index contributed by atoms with van der Waals surface area (Å²) in [5.74, 6) is 0.699. The summed E-state index contributed by atoms with van der Waals surface area (Å²) in [5.41, 5.74) is 2.93.